The average Bonchev–Trinajstić information content (AvgIpc) is 3.27. The Hall–Kier alpha value is -7.04. The van der Waals surface area contributed by atoms with E-state index < -0.39 is 0 Å². The van der Waals surface area contributed by atoms with Gasteiger partial charge in [-0.25, -0.2) is 0 Å². The van der Waals surface area contributed by atoms with E-state index in [1.165, 1.54) is 45.0 Å². The highest BCUT2D eigenvalue weighted by molar-refractivity contribution is 5.93. The van der Waals surface area contributed by atoms with E-state index in [-0.39, 0.29) is 10.8 Å². The molecule has 6 aromatic carbocycles. The number of aromatic nitrogens is 2. The van der Waals surface area contributed by atoms with E-state index in [2.05, 4.69) is 212 Å². The standard InChI is InChI=1S/C52H42N4.C3H6/c1-51(2)43-13-5-9-17-47(43)55(48-18-10-6-14-44(48)51)37-25-21-35(22-26-37)41-33-53-31-29-39(41)40-30-32-54-34-42(40)36-23-27-38(28-24-36)56-49-19-11-7-15-45(49)52(3,4)46-16-8-12-20-50(46)56;1-3-2/h5-34H,1-4H3;3H,1H2,2H3. The van der Waals surface area contributed by atoms with Crippen molar-refractivity contribution >= 4 is 34.1 Å². The summed E-state index contributed by atoms with van der Waals surface area (Å²) in [5.74, 6) is 0. The molecule has 0 N–H and O–H groups in total. The van der Waals surface area contributed by atoms with Gasteiger partial charge in [-0.1, -0.05) is 131 Å². The van der Waals surface area contributed by atoms with Gasteiger partial charge in [-0.2, -0.15) is 0 Å². The fourth-order valence-corrected chi connectivity index (χ4v) is 9.19. The van der Waals surface area contributed by atoms with Crippen LogP contribution in [0.2, 0.25) is 0 Å². The molecule has 0 saturated heterocycles. The Morgan fingerprint density at radius 2 is 0.695 bits per heavy atom. The average molecular weight is 765 g/mol. The predicted octanol–water partition coefficient (Wildman–Crippen LogP) is 14.9. The molecule has 288 valence electrons. The topological polar surface area (TPSA) is 32.3 Å². The summed E-state index contributed by atoms with van der Waals surface area (Å²) >= 11 is 0. The molecule has 4 heteroatoms. The molecule has 0 spiro atoms. The molecule has 0 bridgehead atoms. The SMILES string of the molecule is C=CC.CC1(C)c2ccccc2N(c2ccc(-c3cnccc3-c3ccncc3-c3ccc(N4c5ccccc5C(C)(C)c5ccccc54)cc3)cc2)c2ccccc21. The van der Waals surface area contributed by atoms with Crippen molar-refractivity contribution in [3.63, 3.8) is 0 Å². The van der Waals surface area contributed by atoms with Crippen molar-refractivity contribution in [1.29, 1.82) is 0 Å². The van der Waals surface area contributed by atoms with Crippen LogP contribution in [0.4, 0.5) is 34.1 Å². The summed E-state index contributed by atoms with van der Waals surface area (Å²) in [5, 5.41) is 0. The lowest BCUT2D eigenvalue weighted by Crippen LogP contribution is -2.30. The van der Waals surface area contributed by atoms with Crippen LogP contribution in [-0.4, -0.2) is 9.97 Å². The molecule has 0 aliphatic carbocycles. The number of anilines is 6. The predicted molar refractivity (Wildman–Crippen MR) is 248 cm³/mol. The van der Waals surface area contributed by atoms with Crippen LogP contribution in [0.1, 0.15) is 56.9 Å². The zero-order valence-electron chi connectivity index (χ0n) is 34.4. The number of pyridine rings is 2. The highest BCUT2D eigenvalue weighted by Gasteiger charge is 2.37. The van der Waals surface area contributed by atoms with Crippen LogP contribution < -0.4 is 9.80 Å². The quantitative estimate of drug-likeness (QED) is 0.163. The molecule has 4 nitrogen and oxygen atoms in total. The molecule has 2 aromatic heterocycles. The summed E-state index contributed by atoms with van der Waals surface area (Å²) in [4.78, 5) is 14.0. The molecule has 59 heavy (non-hydrogen) atoms. The van der Waals surface area contributed by atoms with E-state index in [1.54, 1.807) is 6.08 Å². The molecular formula is C55H48N4. The Bertz CT molecular complexity index is 2520. The normalized spacial score (nSPS) is 14.1. The molecule has 0 fully saturated rings. The van der Waals surface area contributed by atoms with Crippen LogP contribution in [0.3, 0.4) is 0 Å². The smallest absolute Gasteiger partial charge is 0.0502 e. The van der Waals surface area contributed by atoms with Crippen LogP contribution in [0.25, 0.3) is 33.4 Å². The van der Waals surface area contributed by atoms with Gasteiger partial charge >= 0.3 is 0 Å². The lowest BCUT2D eigenvalue weighted by molar-refractivity contribution is 0.632. The Morgan fingerprint density at radius 3 is 1.00 bits per heavy atom. The first-order valence-corrected chi connectivity index (χ1v) is 20.4. The maximum Gasteiger partial charge on any atom is 0.0502 e. The van der Waals surface area contributed by atoms with Gasteiger partial charge in [-0.15, -0.1) is 6.58 Å². The van der Waals surface area contributed by atoms with Crippen LogP contribution in [0.15, 0.2) is 195 Å². The summed E-state index contributed by atoms with van der Waals surface area (Å²) in [5.41, 5.74) is 18.8. The molecule has 2 aliphatic heterocycles. The Balaban J connectivity index is 0.00000145. The van der Waals surface area contributed by atoms with Crippen molar-refractivity contribution in [3.8, 4) is 33.4 Å². The second kappa shape index (κ2) is 15.0. The molecule has 0 unspecified atom stereocenters. The lowest BCUT2D eigenvalue weighted by Gasteiger charge is -2.42. The van der Waals surface area contributed by atoms with Crippen LogP contribution in [0, 0.1) is 0 Å². The van der Waals surface area contributed by atoms with Crippen LogP contribution in [0.5, 0.6) is 0 Å². The zero-order chi connectivity index (χ0) is 40.7. The Labute approximate surface area is 348 Å². The van der Waals surface area contributed by atoms with Crippen molar-refractivity contribution < 1.29 is 0 Å². The molecule has 8 aromatic rings. The van der Waals surface area contributed by atoms with Gasteiger partial charge in [0.2, 0.25) is 0 Å². The van der Waals surface area contributed by atoms with E-state index in [0.717, 1.165) is 44.8 Å². The molecule has 4 heterocycles. The van der Waals surface area contributed by atoms with Gasteiger partial charge in [-0.3, -0.25) is 9.97 Å². The summed E-state index contributed by atoms with van der Waals surface area (Å²) in [6, 6.07) is 57.3. The Morgan fingerprint density at radius 1 is 0.407 bits per heavy atom. The number of para-hydroxylation sites is 4. The third-order valence-electron chi connectivity index (χ3n) is 12.1. The van der Waals surface area contributed by atoms with Gasteiger partial charge in [0, 0.05) is 58.1 Å². The number of rotatable bonds is 5. The summed E-state index contributed by atoms with van der Waals surface area (Å²) < 4.78 is 0. The van der Waals surface area contributed by atoms with Crippen molar-refractivity contribution in [3.05, 3.63) is 217 Å². The number of fused-ring (bicyclic) bond motifs is 4. The summed E-state index contributed by atoms with van der Waals surface area (Å²) in [6.45, 7) is 14.5. The monoisotopic (exact) mass is 764 g/mol. The zero-order valence-corrected chi connectivity index (χ0v) is 34.4. The highest BCUT2D eigenvalue weighted by atomic mass is 15.2. The third-order valence-corrected chi connectivity index (χ3v) is 12.1. The van der Waals surface area contributed by atoms with Gasteiger partial charge in [-0.05, 0) is 112 Å². The van der Waals surface area contributed by atoms with Crippen molar-refractivity contribution in [2.24, 2.45) is 0 Å². The minimum atomic E-state index is -0.0988. The molecule has 0 atom stereocenters. The number of nitrogens with zero attached hydrogens (tertiary/aromatic N) is 4. The van der Waals surface area contributed by atoms with Crippen molar-refractivity contribution in [2.75, 3.05) is 9.80 Å². The fourth-order valence-electron chi connectivity index (χ4n) is 9.19. The van der Waals surface area contributed by atoms with Crippen molar-refractivity contribution in [2.45, 2.75) is 45.4 Å². The minimum absolute atomic E-state index is 0.0988. The lowest BCUT2D eigenvalue weighted by atomic mass is 9.73. The number of hydrogen-bond donors (Lipinski definition) is 0. The highest BCUT2D eigenvalue weighted by Crippen LogP contribution is 2.53. The maximum absolute atomic E-state index is 4.62. The molecule has 2 aliphatic rings. The largest absolute Gasteiger partial charge is 0.310 e. The first-order chi connectivity index (χ1) is 28.7. The molecule has 10 rings (SSSR count). The fraction of sp³-hybridized carbons (Fsp3) is 0.127. The number of allylic oxidation sites excluding steroid dienone is 1. The van der Waals surface area contributed by atoms with E-state index in [1.807, 2.05) is 31.7 Å². The van der Waals surface area contributed by atoms with E-state index >= 15 is 0 Å². The number of hydrogen-bond acceptors (Lipinski definition) is 4. The second-order valence-corrected chi connectivity index (χ2v) is 16.3. The first kappa shape index (κ1) is 37.5. The summed E-state index contributed by atoms with van der Waals surface area (Å²) in [6.07, 6.45) is 9.49. The van der Waals surface area contributed by atoms with Crippen molar-refractivity contribution in [1.82, 2.24) is 9.97 Å². The number of benzene rings is 6. The third kappa shape index (κ3) is 6.33. The van der Waals surface area contributed by atoms with Gasteiger partial charge < -0.3 is 9.80 Å². The van der Waals surface area contributed by atoms with E-state index in [0.29, 0.717) is 0 Å². The summed E-state index contributed by atoms with van der Waals surface area (Å²) in [7, 11) is 0. The second-order valence-electron chi connectivity index (χ2n) is 16.3. The molecule has 0 amide bonds. The molecule has 0 radical (unpaired) electrons. The maximum atomic E-state index is 4.62. The van der Waals surface area contributed by atoms with Crippen LogP contribution in [-0.2, 0) is 10.8 Å². The molecular weight excluding hydrogens is 717 g/mol. The van der Waals surface area contributed by atoms with E-state index in [4.69, 9.17) is 0 Å². The Kier molecular flexibility index (Phi) is 9.57. The molecule has 0 saturated carbocycles. The van der Waals surface area contributed by atoms with Crippen LogP contribution >= 0.6 is 0 Å². The van der Waals surface area contributed by atoms with Gasteiger partial charge in [0.1, 0.15) is 0 Å². The minimum Gasteiger partial charge on any atom is -0.310 e. The van der Waals surface area contributed by atoms with Gasteiger partial charge in [0.25, 0.3) is 0 Å². The van der Waals surface area contributed by atoms with E-state index in [9.17, 15) is 0 Å². The van der Waals surface area contributed by atoms with Gasteiger partial charge in [0.05, 0.1) is 22.7 Å². The first-order valence-electron chi connectivity index (χ1n) is 20.4. The van der Waals surface area contributed by atoms with Gasteiger partial charge in [0.15, 0.2) is 0 Å².